The summed E-state index contributed by atoms with van der Waals surface area (Å²) in [6.07, 6.45) is 2.45. The lowest BCUT2D eigenvalue weighted by atomic mass is 10.0. The van der Waals surface area contributed by atoms with Crippen molar-refractivity contribution < 1.29 is 8.81 Å². The van der Waals surface area contributed by atoms with Gasteiger partial charge < -0.3 is 9.73 Å². The van der Waals surface area contributed by atoms with Gasteiger partial charge in [-0.25, -0.2) is 4.39 Å². The number of rotatable bonds is 5. The fraction of sp³-hybridized carbons (Fsp3) is 0.286. The van der Waals surface area contributed by atoms with Crippen molar-refractivity contribution in [3.8, 4) is 0 Å². The summed E-state index contributed by atoms with van der Waals surface area (Å²) in [6.45, 7) is 2.81. The van der Waals surface area contributed by atoms with Crippen LogP contribution in [0.5, 0.6) is 0 Å². The maximum absolute atomic E-state index is 13.4. The molecule has 0 aliphatic heterocycles. The highest BCUT2D eigenvalue weighted by Crippen LogP contribution is 2.33. The van der Waals surface area contributed by atoms with Gasteiger partial charge in [-0.2, -0.15) is 0 Å². The Bertz CT molecular complexity index is 556. The number of furan rings is 1. The summed E-state index contributed by atoms with van der Waals surface area (Å²) in [7, 11) is 0. The molecule has 102 valence electrons. The quantitative estimate of drug-likeness (QED) is 0.857. The van der Waals surface area contributed by atoms with Gasteiger partial charge in [0.15, 0.2) is 5.22 Å². The van der Waals surface area contributed by atoms with E-state index in [1.54, 1.807) is 12.1 Å². The van der Waals surface area contributed by atoms with Crippen molar-refractivity contribution >= 4 is 23.2 Å². The molecule has 5 heteroatoms. The van der Waals surface area contributed by atoms with Gasteiger partial charge in [0.25, 0.3) is 0 Å². The van der Waals surface area contributed by atoms with E-state index >= 15 is 0 Å². The standard InChI is InChI=1S/C14H14Cl2FNO/c1-2-6-18-13(10-5-7-19-14(10)16)11-8-9(17)3-4-12(11)15/h3-5,7-8,13,18H,2,6H2,1H3. The van der Waals surface area contributed by atoms with Crippen LogP contribution < -0.4 is 5.32 Å². The molecule has 0 saturated carbocycles. The minimum Gasteiger partial charge on any atom is -0.453 e. The van der Waals surface area contributed by atoms with Crippen molar-refractivity contribution in [1.29, 1.82) is 0 Å². The van der Waals surface area contributed by atoms with E-state index in [-0.39, 0.29) is 17.1 Å². The van der Waals surface area contributed by atoms with E-state index in [2.05, 4.69) is 5.32 Å². The van der Waals surface area contributed by atoms with Gasteiger partial charge in [0, 0.05) is 10.6 Å². The molecule has 2 nitrogen and oxygen atoms in total. The molecule has 0 spiro atoms. The number of nitrogens with one attached hydrogen (secondary N) is 1. The third-order valence-corrected chi connectivity index (χ3v) is 3.48. The lowest BCUT2D eigenvalue weighted by Gasteiger charge is -2.19. The van der Waals surface area contributed by atoms with Crippen LogP contribution >= 0.6 is 23.2 Å². The van der Waals surface area contributed by atoms with Crippen molar-refractivity contribution in [2.45, 2.75) is 19.4 Å². The Morgan fingerprint density at radius 1 is 1.26 bits per heavy atom. The highest BCUT2D eigenvalue weighted by Gasteiger charge is 2.21. The monoisotopic (exact) mass is 301 g/mol. The zero-order valence-electron chi connectivity index (χ0n) is 10.4. The third kappa shape index (κ3) is 3.30. The number of halogens is 3. The molecule has 0 aliphatic rings. The van der Waals surface area contributed by atoms with Crippen molar-refractivity contribution in [2.75, 3.05) is 6.54 Å². The van der Waals surface area contributed by atoms with E-state index in [0.717, 1.165) is 18.5 Å². The van der Waals surface area contributed by atoms with Gasteiger partial charge in [-0.3, -0.25) is 0 Å². The molecule has 0 bridgehead atoms. The Balaban J connectivity index is 2.42. The van der Waals surface area contributed by atoms with Crippen LogP contribution in [-0.2, 0) is 0 Å². The molecule has 19 heavy (non-hydrogen) atoms. The smallest absolute Gasteiger partial charge is 0.198 e. The second-order valence-electron chi connectivity index (χ2n) is 4.20. The minimum atomic E-state index is -0.331. The lowest BCUT2D eigenvalue weighted by Crippen LogP contribution is -2.23. The van der Waals surface area contributed by atoms with Crippen LogP contribution in [0.2, 0.25) is 10.2 Å². The van der Waals surface area contributed by atoms with Crippen LogP contribution in [0.3, 0.4) is 0 Å². The summed E-state index contributed by atoms with van der Waals surface area (Å²) in [4.78, 5) is 0. The number of hydrogen-bond acceptors (Lipinski definition) is 2. The topological polar surface area (TPSA) is 25.2 Å². The minimum absolute atomic E-state index is 0.283. The van der Waals surface area contributed by atoms with Gasteiger partial charge in [0.05, 0.1) is 12.3 Å². The van der Waals surface area contributed by atoms with Gasteiger partial charge in [-0.05, 0) is 54.4 Å². The van der Waals surface area contributed by atoms with Gasteiger partial charge in [0.1, 0.15) is 5.82 Å². The molecule has 1 unspecified atom stereocenters. The summed E-state index contributed by atoms with van der Waals surface area (Å²) in [5, 5.41) is 4.08. The summed E-state index contributed by atoms with van der Waals surface area (Å²) in [5.41, 5.74) is 1.40. The average Bonchev–Trinajstić information content (AvgIpc) is 2.80. The maximum atomic E-state index is 13.4. The molecule has 2 aromatic rings. The first-order valence-corrected chi connectivity index (χ1v) is 6.80. The van der Waals surface area contributed by atoms with Crippen molar-refractivity contribution in [3.63, 3.8) is 0 Å². The van der Waals surface area contributed by atoms with E-state index < -0.39 is 0 Å². The maximum Gasteiger partial charge on any atom is 0.198 e. The van der Waals surface area contributed by atoms with Gasteiger partial charge >= 0.3 is 0 Å². The zero-order chi connectivity index (χ0) is 13.8. The largest absolute Gasteiger partial charge is 0.453 e. The molecular weight excluding hydrogens is 288 g/mol. The number of hydrogen-bond donors (Lipinski definition) is 1. The van der Waals surface area contributed by atoms with E-state index in [4.69, 9.17) is 27.6 Å². The Morgan fingerprint density at radius 2 is 2.05 bits per heavy atom. The first-order valence-electron chi connectivity index (χ1n) is 6.04. The van der Waals surface area contributed by atoms with E-state index in [9.17, 15) is 4.39 Å². The van der Waals surface area contributed by atoms with Gasteiger partial charge in [-0.15, -0.1) is 0 Å². The molecular formula is C14H14Cl2FNO. The van der Waals surface area contributed by atoms with Crippen LogP contribution in [0.1, 0.15) is 30.5 Å². The molecule has 0 fully saturated rings. The average molecular weight is 302 g/mol. The van der Waals surface area contributed by atoms with Crippen molar-refractivity contribution in [1.82, 2.24) is 5.32 Å². The highest BCUT2D eigenvalue weighted by molar-refractivity contribution is 6.31. The molecule has 1 aromatic carbocycles. The SMILES string of the molecule is CCCNC(c1cc(F)ccc1Cl)c1ccoc1Cl. The zero-order valence-corrected chi connectivity index (χ0v) is 11.9. The van der Waals surface area contributed by atoms with Crippen LogP contribution in [0.15, 0.2) is 34.9 Å². The molecule has 1 aromatic heterocycles. The molecule has 2 rings (SSSR count). The molecule has 0 amide bonds. The van der Waals surface area contributed by atoms with Gasteiger partial charge in [-0.1, -0.05) is 18.5 Å². The summed E-state index contributed by atoms with van der Waals surface area (Å²) in [6, 6.07) is 5.77. The van der Waals surface area contributed by atoms with Crippen LogP contribution in [0.4, 0.5) is 4.39 Å². The Morgan fingerprint density at radius 3 is 2.68 bits per heavy atom. The van der Waals surface area contributed by atoms with Crippen LogP contribution in [-0.4, -0.2) is 6.54 Å². The predicted molar refractivity (Wildman–Crippen MR) is 75.3 cm³/mol. The fourth-order valence-electron chi connectivity index (χ4n) is 1.92. The molecule has 1 heterocycles. The molecule has 1 N–H and O–H groups in total. The van der Waals surface area contributed by atoms with Crippen LogP contribution in [0, 0.1) is 5.82 Å². The molecule has 0 aliphatic carbocycles. The lowest BCUT2D eigenvalue weighted by molar-refractivity contribution is 0.548. The molecule has 0 radical (unpaired) electrons. The summed E-state index contributed by atoms with van der Waals surface area (Å²) in [5.74, 6) is -0.331. The number of benzene rings is 1. The first kappa shape index (κ1) is 14.4. The third-order valence-electron chi connectivity index (χ3n) is 2.82. The summed E-state index contributed by atoms with van der Waals surface area (Å²) < 4.78 is 18.5. The Labute approximate surface area is 121 Å². The van der Waals surface area contributed by atoms with Crippen LogP contribution in [0.25, 0.3) is 0 Å². The first-order chi connectivity index (χ1) is 9.13. The van der Waals surface area contributed by atoms with E-state index in [0.29, 0.717) is 10.6 Å². The fourth-order valence-corrected chi connectivity index (χ4v) is 2.37. The highest BCUT2D eigenvalue weighted by atomic mass is 35.5. The second-order valence-corrected chi connectivity index (χ2v) is 4.95. The Kier molecular flexibility index (Phi) is 4.86. The van der Waals surface area contributed by atoms with E-state index in [1.807, 2.05) is 6.92 Å². The molecule has 1 atom stereocenters. The normalized spacial score (nSPS) is 12.6. The van der Waals surface area contributed by atoms with E-state index in [1.165, 1.54) is 18.4 Å². The van der Waals surface area contributed by atoms with Crippen molar-refractivity contribution in [3.05, 3.63) is 57.7 Å². The van der Waals surface area contributed by atoms with Gasteiger partial charge in [0.2, 0.25) is 0 Å². The predicted octanol–water partition coefficient (Wildman–Crippen LogP) is 4.81. The second kappa shape index (κ2) is 6.42. The molecule has 0 saturated heterocycles. The van der Waals surface area contributed by atoms with Crippen molar-refractivity contribution in [2.24, 2.45) is 0 Å². The summed E-state index contributed by atoms with van der Waals surface area (Å²) >= 11 is 12.2. The Hall–Kier alpha value is -1.03.